The van der Waals surface area contributed by atoms with Gasteiger partial charge in [-0.05, 0) is 19.1 Å². The topological polar surface area (TPSA) is 81.2 Å². The van der Waals surface area contributed by atoms with Crippen molar-refractivity contribution in [3.05, 3.63) is 36.9 Å². The Balaban J connectivity index is 2.20. The number of carbonyl (C=O) groups is 1. The van der Waals surface area contributed by atoms with Crippen molar-refractivity contribution in [1.29, 1.82) is 0 Å². The second-order valence-electron chi connectivity index (χ2n) is 3.72. The molecule has 1 atom stereocenters. The van der Waals surface area contributed by atoms with Gasteiger partial charge in [-0.3, -0.25) is 4.79 Å². The fourth-order valence-electron chi connectivity index (χ4n) is 1.36. The van der Waals surface area contributed by atoms with Crippen molar-refractivity contribution in [2.24, 2.45) is 5.73 Å². The van der Waals surface area contributed by atoms with Crippen LogP contribution in [0.15, 0.2) is 41.3 Å². The Morgan fingerprint density at radius 2 is 2.35 bits per heavy atom. The van der Waals surface area contributed by atoms with E-state index in [9.17, 15) is 4.79 Å². The molecule has 0 bridgehead atoms. The molecule has 0 fully saturated rings. The summed E-state index contributed by atoms with van der Waals surface area (Å²) in [5, 5.41) is 2.72. The molecule has 88 valence electrons. The van der Waals surface area contributed by atoms with Crippen molar-refractivity contribution < 1.29 is 9.21 Å². The van der Waals surface area contributed by atoms with Gasteiger partial charge in [-0.1, -0.05) is 12.1 Å². The number of amides is 1. The number of benzene rings is 1. The highest BCUT2D eigenvalue weighted by molar-refractivity contribution is 5.94. The monoisotopic (exact) mass is 231 g/mol. The number of aromatic nitrogens is 1. The standard InChI is InChI=1S/C12H13N3O2/c1-8(13)12(16)15-10-4-2-3-9(5-10)11-6-14-7-17-11/h2-8H,13H2,1H3,(H,15,16). The van der Waals surface area contributed by atoms with E-state index in [-0.39, 0.29) is 5.91 Å². The summed E-state index contributed by atoms with van der Waals surface area (Å²) in [6.07, 6.45) is 2.98. The zero-order chi connectivity index (χ0) is 12.3. The molecule has 5 nitrogen and oxygen atoms in total. The van der Waals surface area contributed by atoms with Gasteiger partial charge >= 0.3 is 0 Å². The van der Waals surface area contributed by atoms with E-state index in [4.69, 9.17) is 10.2 Å². The largest absolute Gasteiger partial charge is 0.444 e. The van der Waals surface area contributed by atoms with E-state index in [1.54, 1.807) is 25.3 Å². The molecular formula is C12H13N3O2. The molecule has 1 aromatic heterocycles. The number of nitrogens with two attached hydrogens (primary N) is 1. The highest BCUT2D eigenvalue weighted by Gasteiger charge is 2.08. The number of carbonyl (C=O) groups excluding carboxylic acids is 1. The minimum Gasteiger partial charge on any atom is -0.444 e. The third kappa shape index (κ3) is 2.70. The van der Waals surface area contributed by atoms with Crippen LogP contribution in [0.2, 0.25) is 0 Å². The smallest absolute Gasteiger partial charge is 0.240 e. The molecule has 0 saturated carbocycles. The van der Waals surface area contributed by atoms with E-state index in [1.165, 1.54) is 6.39 Å². The number of nitrogens with one attached hydrogen (secondary N) is 1. The maximum Gasteiger partial charge on any atom is 0.240 e. The van der Waals surface area contributed by atoms with Crippen molar-refractivity contribution in [1.82, 2.24) is 4.98 Å². The fourth-order valence-corrected chi connectivity index (χ4v) is 1.36. The minimum absolute atomic E-state index is 0.222. The molecule has 1 aromatic carbocycles. The predicted molar refractivity (Wildman–Crippen MR) is 64.2 cm³/mol. The SMILES string of the molecule is CC(N)C(=O)Nc1cccc(-c2cnco2)c1. The van der Waals surface area contributed by atoms with Gasteiger partial charge in [0.1, 0.15) is 0 Å². The highest BCUT2D eigenvalue weighted by Crippen LogP contribution is 2.21. The molecular weight excluding hydrogens is 218 g/mol. The van der Waals surface area contributed by atoms with Crippen LogP contribution >= 0.6 is 0 Å². The summed E-state index contributed by atoms with van der Waals surface area (Å²) in [4.78, 5) is 15.3. The Morgan fingerprint density at radius 3 is 3.00 bits per heavy atom. The second kappa shape index (κ2) is 4.80. The Morgan fingerprint density at radius 1 is 1.53 bits per heavy atom. The highest BCUT2D eigenvalue weighted by atomic mass is 16.3. The molecule has 2 aromatic rings. The van der Waals surface area contributed by atoms with Gasteiger partial charge in [-0.15, -0.1) is 0 Å². The summed E-state index contributed by atoms with van der Waals surface area (Å²) in [5.74, 6) is 0.432. The molecule has 1 amide bonds. The number of nitrogens with zero attached hydrogens (tertiary/aromatic N) is 1. The second-order valence-corrected chi connectivity index (χ2v) is 3.72. The number of hydrogen-bond donors (Lipinski definition) is 2. The maximum atomic E-state index is 11.4. The van der Waals surface area contributed by atoms with Crippen molar-refractivity contribution in [3.8, 4) is 11.3 Å². The van der Waals surface area contributed by atoms with Crippen LogP contribution in [0.3, 0.4) is 0 Å². The Labute approximate surface area is 98.6 Å². The first-order valence-electron chi connectivity index (χ1n) is 5.22. The molecule has 0 saturated heterocycles. The molecule has 0 aliphatic rings. The number of hydrogen-bond acceptors (Lipinski definition) is 4. The van der Waals surface area contributed by atoms with Crippen LogP contribution in [0, 0.1) is 0 Å². The van der Waals surface area contributed by atoms with Crippen LogP contribution in [-0.4, -0.2) is 16.9 Å². The van der Waals surface area contributed by atoms with E-state index < -0.39 is 6.04 Å². The molecule has 5 heteroatoms. The van der Waals surface area contributed by atoms with Gasteiger partial charge in [0.25, 0.3) is 0 Å². The molecule has 0 radical (unpaired) electrons. The van der Waals surface area contributed by atoms with Crippen molar-refractivity contribution in [2.45, 2.75) is 13.0 Å². The van der Waals surface area contributed by atoms with Gasteiger partial charge in [0, 0.05) is 11.3 Å². The summed E-state index contributed by atoms with van der Waals surface area (Å²) < 4.78 is 5.18. The Hall–Kier alpha value is -2.14. The van der Waals surface area contributed by atoms with E-state index in [1.807, 2.05) is 12.1 Å². The van der Waals surface area contributed by atoms with E-state index >= 15 is 0 Å². The lowest BCUT2D eigenvalue weighted by atomic mass is 10.1. The van der Waals surface area contributed by atoms with Crippen LogP contribution in [0.4, 0.5) is 5.69 Å². The van der Waals surface area contributed by atoms with Crippen LogP contribution in [0.5, 0.6) is 0 Å². The zero-order valence-corrected chi connectivity index (χ0v) is 9.38. The van der Waals surface area contributed by atoms with Crippen molar-refractivity contribution >= 4 is 11.6 Å². The van der Waals surface area contributed by atoms with Gasteiger partial charge in [-0.25, -0.2) is 4.98 Å². The Kier molecular flexibility index (Phi) is 3.20. The van der Waals surface area contributed by atoms with Crippen LogP contribution in [0.1, 0.15) is 6.92 Å². The average molecular weight is 231 g/mol. The summed E-state index contributed by atoms with van der Waals surface area (Å²) in [6.45, 7) is 1.63. The molecule has 0 aliphatic carbocycles. The Bertz CT molecular complexity index is 506. The van der Waals surface area contributed by atoms with Gasteiger partial charge in [0.05, 0.1) is 12.2 Å². The molecule has 2 rings (SSSR count). The third-order valence-corrected chi connectivity index (χ3v) is 2.26. The summed E-state index contributed by atoms with van der Waals surface area (Å²) in [7, 11) is 0. The average Bonchev–Trinajstić information content (AvgIpc) is 2.82. The molecule has 3 N–H and O–H groups in total. The predicted octanol–water partition coefficient (Wildman–Crippen LogP) is 1.63. The summed E-state index contributed by atoms with van der Waals surface area (Å²) in [5.41, 5.74) is 7.01. The first-order valence-corrected chi connectivity index (χ1v) is 5.22. The first-order chi connectivity index (χ1) is 8.16. The molecule has 1 unspecified atom stereocenters. The van der Waals surface area contributed by atoms with Gasteiger partial charge in [-0.2, -0.15) is 0 Å². The fraction of sp³-hybridized carbons (Fsp3) is 0.167. The van der Waals surface area contributed by atoms with Crippen molar-refractivity contribution in [2.75, 3.05) is 5.32 Å². The lowest BCUT2D eigenvalue weighted by Gasteiger charge is -2.08. The van der Waals surface area contributed by atoms with Crippen LogP contribution < -0.4 is 11.1 Å². The van der Waals surface area contributed by atoms with E-state index in [2.05, 4.69) is 10.3 Å². The van der Waals surface area contributed by atoms with E-state index in [0.29, 0.717) is 11.4 Å². The molecule has 0 aliphatic heterocycles. The third-order valence-electron chi connectivity index (χ3n) is 2.26. The minimum atomic E-state index is -0.538. The number of anilines is 1. The summed E-state index contributed by atoms with van der Waals surface area (Å²) in [6, 6.07) is 6.77. The molecule has 0 spiro atoms. The van der Waals surface area contributed by atoms with Crippen LogP contribution in [-0.2, 0) is 4.79 Å². The molecule has 17 heavy (non-hydrogen) atoms. The van der Waals surface area contributed by atoms with Crippen LogP contribution in [0.25, 0.3) is 11.3 Å². The molecule has 1 heterocycles. The lowest BCUT2D eigenvalue weighted by Crippen LogP contribution is -2.32. The quantitative estimate of drug-likeness (QED) is 0.841. The first kappa shape index (κ1) is 11.3. The number of rotatable bonds is 3. The van der Waals surface area contributed by atoms with Crippen molar-refractivity contribution in [3.63, 3.8) is 0 Å². The normalized spacial score (nSPS) is 12.1. The van der Waals surface area contributed by atoms with Gasteiger partial charge in [0.15, 0.2) is 12.2 Å². The maximum absolute atomic E-state index is 11.4. The van der Waals surface area contributed by atoms with Gasteiger partial charge in [0.2, 0.25) is 5.91 Å². The van der Waals surface area contributed by atoms with Gasteiger partial charge < -0.3 is 15.5 Å². The summed E-state index contributed by atoms with van der Waals surface area (Å²) >= 11 is 0. The zero-order valence-electron chi connectivity index (χ0n) is 9.38. The van der Waals surface area contributed by atoms with E-state index in [0.717, 1.165) is 5.56 Å². The lowest BCUT2D eigenvalue weighted by molar-refractivity contribution is -0.117. The number of oxazole rings is 1.